The number of fused-ring (bicyclic) bond motifs is 3. The van der Waals surface area contributed by atoms with Gasteiger partial charge in [-0.3, -0.25) is 4.99 Å². The van der Waals surface area contributed by atoms with E-state index in [1.807, 2.05) is 45.1 Å². The van der Waals surface area contributed by atoms with Crippen LogP contribution in [-0.2, 0) is 6.42 Å². The predicted octanol–water partition coefficient (Wildman–Crippen LogP) is 13.3. The van der Waals surface area contributed by atoms with E-state index in [1.54, 1.807) is 6.21 Å². The standard InChI is InChI=1S/C47H39N3.C2H6/c1-4-5-30-48-35(3)34(2)22-23-41(33-49-42-19-12-18-39(31-42)37-16-10-7-11-17-37)40-26-29-45-44-20-13-21-46(44)50(47(45)32-40)43-27-24-38(25-28-43)36-14-8-6-9-15-36;1-2/h4-20,22-33,49H,2-3,21H2,1H3;1-2H3/b5-4-,23-22-,41-33+,48-30?;. The van der Waals surface area contributed by atoms with Crippen LogP contribution >= 0.6 is 0 Å². The van der Waals surface area contributed by atoms with Crippen LogP contribution in [0.4, 0.5) is 5.69 Å². The second-order valence-corrected chi connectivity index (χ2v) is 12.2. The zero-order valence-corrected chi connectivity index (χ0v) is 30.3. The summed E-state index contributed by atoms with van der Waals surface area (Å²) in [6.45, 7) is 14.3. The van der Waals surface area contributed by atoms with E-state index in [4.69, 9.17) is 0 Å². The molecule has 0 amide bonds. The molecule has 0 bridgehead atoms. The molecule has 7 rings (SSSR count). The Balaban J connectivity index is 0.00000228. The first-order valence-corrected chi connectivity index (χ1v) is 17.9. The van der Waals surface area contributed by atoms with Gasteiger partial charge in [-0.15, -0.1) is 0 Å². The summed E-state index contributed by atoms with van der Waals surface area (Å²) in [7, 11) is 0. The van der Waals surface area contributed by atoms with Crippen molar-refractivity contribution in [2.75, 3.05) is 5.32 Å². The topological polar surface area (TPSA) is 29.3 Å². The Hall–Kier alpha value is -6.45. The minimum atomic E-state index is 0.619. The number of rotatable bonds is 11. The van der Waals surface area contributed by atoms with Gasteiger partial charge < -0.3 is 9.88 Å². The van der Waals surface area contributed by atoms with Gasteiger partial charge in [0.15, 0.2) is 0 Å². The second-order valence-electron chi connectivity index (χ2n) is 12.2. The quantitative estimate of drug-likeness (QED) is 0.107. The van der Waals surface area contributed by atoms with Crippen molar-refractivity contribution < 1.29 is 0 Å². The van der Waals surface area contributed by atoms with E-state index in [-0.39, 0.29) is 0 Å². The van der Waals surface area contributed by atoms with Crippen LogP contribution in [0, 0.1) is 0 Å². The van der Waals surface area contributed by atoms with Gasteiger partial charge in [0.1, 0.15) is 0 Å². The first kappa shape index (κ1) is 35.4. The van der Waals surface area contributed by atoms with Crippen LogP contribution in [0.15, 0.2) is 193 Å². The maximum atomic E-state index is 4.43. The molecule has 52 heavy (non-hydrogen) atoms. The molecule has 3 heteroatoms. The van der Waals surface area contributed by atoms with E-state index in [0.717, 1.165) is 40.1 Å². The Kier molecular flexibility index (Phi) is 11.5. The van der Waals surface area contributed by atoms with Crippen molar-refractivity contribution in [1.82, 2.24) is 4.57 Å². The van der Waals surface area contributed by atoms with Gasteiger partial charge in [0.2, 0.25) is 0 Å². The first-order chi connectivity index (χ1) is 25.6. The van der Waals surface area contributed by atoms with Crippen molar-refractivity contribution >= 4 is 34.5 Å². The molecule has 0 atom stereocenters. The number of aromatic nitrogens is 1. The number of anilines is 1. The zero-order valence-electron chi connectivity index (χ0n) is 30.3. The number of aliphatic imine (C=N–C) groups is 1. The van der Waals surface area contributed by atoms with Crippen molar-refractivity contribution in [2.45, 2.75) is 27.2 Å². The molecule has 0 saturated heterocycles. The van der Waals surface area contributed by atoms with Gasteiger partial charge in [-0.1, -0.05) is 154 Å². The van der Waals surface area contributed by atoms with Crippen molar-refractivity contribution in [3.8, 4) is 27.9 Å². The molecular weight excluding hydrogens is 631 g/mol. The number of hydrogen-bond donors (Lipinski definition) is 1. The third kappa shape index (κ3) is 7.96. The van der Waals surface area contributed by atoms with Crippen LogP contribution in [0.2, 0.25) is 0 Å². The molecule has 0 radical (unpaired) electrons. The molecule has 0 unspecified atom stereocenters. The molecule has 1 aromatic heterocycles. The van der Waals surface area contributed by atoms with Gasteiger partial charge in [0.05, 0.1) is 11.2 Å². The molecule has 0 fully saturated rings. The van der Waals surface area contributed by atoms with Crippen molar-refractivity contribution in [2.24, 2.45) is 4.99 Å². The lowest BCUT2D eigenvalue weighted by Crippen LogP contribution is -1.99. The van der Waals surface area contributed by atoms with Gasteiger partial charge in [-0.05, 0) is 82.3 Å². The lowest BCUT2D eigenvalue weighted by atomic mass is 10.0. The first-order valence-electron chi connectivity index (χ1n) is 17.9. The monoisotopic (exact) mass is 675 g/mol. The normalized spacial score (nSPS) is 12.4. The smallest absolute Gasteiger partial charge is 0.0624 e. The summed E-state index contributed by atoms with van der Waals surface area (Å²) in [6, 6.07) is 45.1. The molecule has 1 heterocycles. The Morgan fingerprint density at radius 2 is 1.40 bits per heavy atom. The molecule has 1 aliphatic carbocycles. The van der Waals surface area contributed by atoms with Gasteiger partial charge in [-0.2, -0.15) is 0 Å². The molecule has 0 saturated carbocycles. The molecule has 0 spiro atoms. The van der Waals surface area contributed by atoms with Crippen LogP contribution in [0.3, 0.4) is 0 Å². The highest BCUT2D eigenvalue weighted by atomic mass is 15.0. The van der Waals surface area contributed by atoms with Crippen LogP contribution in [0.5, 0.6) is 0 Å². The highest BCUT2D eigenvalue weighted by Crippen LogP contribution is 2.37. The van der Waals surface area contributed by atoms with Crippen LogP contribution < -0.4 is 5.32 Å². The van der Waals surface area contributed by atoms with Crippen LogP contribution in [0.25, 0.3) is 50.5 Å². The average Bonchev–Trinajstić information content (AvgIpc) is 3.80. The maximum absolute atomic E-state index is 4.43. The highest BCUT2D eigenvalue weighted by Gasteiger charge is 2.20. The van der Waals surface area contributed by atoms with Crippen LogP contribution in [-0.4, -0.2) is 10.8 Å². The molecule has 0 aliphatic heterocycles. The maximum Gasteiger partial charge on any atom is 0.0624 e. The zero-order chi connectivity index (χ0) is 36.3. The number of nitrogens with zero attached hydrogens (tertiary/aromatic N) is 2. The van der Waals surface area contributed by atoms with E-state index in [1.165, 1.54) is 38.9 Å². The summed E-state index contributed by atoms with van der Waals surface area (Å²) in [5.41, 5.74) is 14.1. The Morgan fingerprint density at radius 1 is 0.731 bits per heavy atom. The third-order valence-electron chi connectivity index (χ3n) is 8.98. The molecule has 5 aromatic carbocycles. The van der Waals surface area contributed by atoms with E-state index < -0.39 is 0 Å². The Labute approximate surface area is 308 Å². The molecule has 1 N–H and O–H groups in total. The lowest BCUT2D eigenvalue weighted by Gasteiger charge is -2.13. The largest absolute Gasteiger partial charge is 0.361 e. The van der Waals surface area contributed by atoms with E-state index in [0.29, 0.717) is 5.70 Å². The van der Waals surface area contributed by atoms with Gasteiger partial charge in [0, 0.05) is 46.9 Å². The molecule has 1 aliphatic rings. The summed E-state index contributed by atoms with van der Waals surface area (Å²) in [5, 5.41) is 4.82. The molecule has 6 aromatic rings. The Morgan fingerprint density at radius 3 is 2.12 bits per heavy atom. The van der Waals surface area contributed by atoms with E-state index in [2.05, 4.69) is 174 Å². The number of hydrogen-bond acceptors (Lipinski definition) is 2. The fourth-order valence-electron chi connectivity index (χ4n) is 6.35. The minimum absolute atomic E-state index is 0.619. The van der Waals surface area contributed by atoms with Crippen molar-refractivity contribution in [1.29, 1.82) is 0 Å². The second kappa shape index (κ2) is 17.0. The van der Waals surface area contributed by atoms with Crippen molar-refractivity contribution in [3.63, 3.8) is 0 Å². The molecule has 3 nitrogen and oxygen atoms in total. The SMILES string of the molecule is C=C(/C=C\C(=C/Nc1cccc(-c2ccccc2)c1)c1ccc2c3c(n(-c4ccc(-c5ccccc5)cc4)c2c1)CC=C3)C(=C)N=C/C=C\C.CC. The fourth-order valence-corrected chi connectivity index (χ4v) is 6.35. The predicted molar refractivity (Wildman–Crippen MR) is 227 cm³/mol. The average molecular weight is 676 g/mol. The van der Waals surface area contributed by atoms with Gasteiger partial charge in [0.25, 0.3) is 0 Å². The summed E-state index contributed by atoms with van der Waals surface area (Å²) < 4.78 is 2.41. The number of nitrogens with one attached hydrogen (secondary N) is 1. The van der Waals surface area contributed by atoms with E-state index >= 15 is 0 Å². The van der Waals surface area contributed by atoms with E-state index in [9.17, 15) is 0 Å². The molecule has 256 valence electrons. The number of allylic oxidation sites excluding steroid dienone is 6. The fraction of sp³-hybridized carbons (Fsp3) is 0.0816. The van der Waals surface area contributed by atoms with Gasteiger partial charge in [-0.25, -0.2) is 0 Å². The van der Waals surface area contributed by atoms with Gasteiger partial charge >= 0.3 is 0 Å². The summed E-state index contributed by atoms with van der Waals surface area (Å²) >= 11 is 0. The summed E-state index contributed by atoms with van der Waals surface area (Å²) in [6.07, 6.45) is 17.1. The molecular formula is C49H45N3. The Bertz CT molecular complexity index is 2330. The third-order valence-corrected chi connectivity index (χ3v) is 8.98. The minimum Gasteiger partial charge on any atom is -0.361 e. The lowest BCUT2D eigenvalue weighted by molar-refractivity contribution is 1.01. The summed E-state index contributed by atoms with van der Waals surface area (Å²) in [5.74, 6) is 0. The number of benzene rings is 5. The highest BCUT2D eigenvalue weighted by molar-refractivity contribution is 5.96. The van der Waals surface area contributed by atoms with Crippen LogP contribution in [0.1, 0.15) is 37.6 Å². The van der Waals surface area contributed by atoms with Crippen molar-refractivity contribution in [3.05, 3.63) is 205 Å². The summed E-state index contributed by atoms with van der Waals surface area (Å²) in [4.78, 5) is 4.43.